The molecule has 0 aliphatic carbocycles. The van der Waals surface area contributed by atoms with Crippen molar-refractivity contribution in [3.8, 4) is 11.3 Å². The van der Waals surface area contributed by atoms with E-state index in [9.17, 15) is 4.79 Å². The molecule has 0 fully saturated rings. The van der Waals surface area contributed by atoms with Gasteiger partial charge in [0.2, 0.25) is 0 Å². The molecule has 0 spiro atoms. The van der Waals surface area contributed by atoms with Gasteiger partial charge >= 0.3 is 0 Å². The van der Waals surface area contributed by atoms with Gasteiger partial charge in [-0.1, -0.05) is 23.4 Å². The third-order valence-electron chi connectivity index (χ3n) is 3.55. The Morgan fingerprint density at radius 1 is 1.24 bits per heavy atom. The highest BCUT2D eigenvalue weighted by atomic mass is 16.5. The van der Waals surface area contributed by atoms with Crippen molar-refractivity contribution in [3.05, 3.63) is 78.8 Å². The van der Waals surface area contributed by atoms with Gasteiger partial charge in [-0.3, -0.25) is 9.78 Å². The topological polar surface area (TPSA) is 80.0 Å². The number of benzene rings is 1. The van der Waals surface area contributed by atoms with Crippen LogP contribution in [0.2, 0.25) is 0 Å². The highest BCUT2D eigenvalue weighted by molar-refractivity contribution is 5.99. The summed E-state index contributed by atoms with van der Waals surface area (Å²) in [6.07, 6.45) is 5.15. The number of carbonyl (C=O) groups is 1. The largest absolute Gasteiger partial charge is 0.381 e. The number of nitrogens with one attached hydrogen (secondary N) is 2. The van der Waals surface area contributed by atoms with E-state index in [-0.39, 0.29) is 12.5 Å². The lowest BCUT2D eigenvalue weighted by atomic mass is 10.1. The number of rotatable bonds is 7. The molecule has 6 nitrogen and oxygen atoms in total. The van der Waals surface area contributed by atoms with E-state index in [0.717, 1.165) is 11.3 Å². The van der Waals surface area contributed by atoms with Gasteiger partial charge in [0.25, 0.3) is 5.91 Å². The van der Waals surface area contributed by atoms with Gasteiger partial charge in [-0.15, -0.1) is 6.58 Å². The molecule has 0 aliphatic heterocycles. The molecule has 1 aromatic carbocycles. The van der Waals surface area contributed by atoms with Crippen molar-refractivity contribution in [2.75, 3.05) is 11.9 Å². The van der Waals surface area contributed by atoms with E-state index in [0.29, 0.717) is 23.6 Å². The Morgan fingerprint density at radius 3 is 2.92 bits per heavy atom. The van der Waals surface area contributed by atoms with Gasteiger partial charge in [0, 0.05) is 36.3 Å². The molecular formula is C19H18N4O2. The molecule has 2 N–H and O–H groups in total. The number of aromatic nitrogens is 2. The summed E-state index contributed by atoms with van der Waals surface area (Å²) in [6, 6.07) is 12.8. The van der Waals surface area contributed by atoms with Gasteiger partial charge in [-0.05, 0) is 24.3 Å². The van der Waals surface area contributed by atoms with Crippen LogP contribution in [-0.2, 0) is 6.54 Å². The highest BCUT2D eigenvalue weighted by Gasteiger charge is 2.12. The second-order valence-corrected chi connectivity index (χ2v) is 5.32. The predicted octanol–water partition coefficient (Wildman–Crippen LogP) is 3.26. The van der Waals surface area contributed by atoms with Crippen LogP contribution in [0.3, 0.4) is 0 Å². The molecule has 6 heteroatoms. The molecule has 0 atom stereocenters. The van der Waals surface area contributed by atoms with Crippen LogP contribution in [-0.4, -0.2) is 22.6 Å². The van der Waals surface area contributed by atoms with E-state index in [4.69, 9.17) is 4.52 Å². The summed E-state index contributed by atoms with van der Waals surface area (Å²) >= 11 is 0. The first-order chi connectivity index (χ1) is 12.3. The number of nitrogens with zero attached hydrogens (tertiary/aromatic N) is 2. The zero-order valence-electron chi connectivity index (χ0n) is 13.6. The molecule has 2 heterocycles. The summed E-state index contributed by atoms with van der Waals surface area (Å²) in [5, 5.41) is 9.99. The van der Waals surface area contributed by atoms with Gasteiger partial charge in [-0.25, -0.2) is 0 Å². The van der Waals surface area contributed by atoms with Gasteiger partial charge < -0.3 is 15.2 Å². The molecule has 3 rings (SSSR count). The molecule has 0 aliphatic rings. The molecule has 0 unspecified atom stereocenters. The minimum absolute atomic E-state index is 0.188. The number of carbonyl (C=O) groups excluding carboxylic acids is 1. The van der Waals surface area contributed by atoms with Crippen LogP contribution in [0.1, 0.15) is 16.1 Å². The van der Waals surface area contributed by atoms with E-state index in [1.54, 1.807) is 30.6 Å². The van der Waals surface area contributed by atoms with Crippen molar-refractivity contribution >= 4 is 11.6 Å². The fourth-order valence-electron chi connectivity index (χ4n) is 2.33. The Kier molecular flexibility index (Phi) is 5.21. The predicted molar refractivity (Wildman–Crippen MR) is 96.0 cm³/mol. The van der Waals surface area contributed by atoms with Gasteiger partial charge in [-0.2, -0.15) is 0 Å². The molecule has 126 valence electrons. The van der Waals surface area contributed by atoms with Crippen LogP contribution in [0.5, 0.6) is 0 Å². The van der Waals surface area contributed by atoms with Crippen molar-refractivity contribution in [2.45, 2.75) is 6.54 Å². The summed E-state index contributed by atoms with van der Waals surface area (Å²) in [7, 11) is 0. The van der Waals surface area contributed by atoms with E-state index in [1.165, 1.54) is 0 Å². The molecular weight excluding hydrogens is 316 g/mol. The fourth-order valence-corrected chi connectivity index (χ4v) is 2.33. The zero-order valence-corrected chi connectivity index (χ0v) is 13.6. The number of amides is 1. The molecule has 3 aromatic rings. The first kappa shape index (κ1) is 16.4. The Hall–Kier alpha value is -3.41. The lowest BCUT2D eigenvalue weighted by molar-refractivity contribution is 0.0948. The summed E-state index contributed by atoms with van der Waals surface area (Å²) in [6.45, 7) is 4.50. The smallest absolute Gasteiger partial charge is 0.253 e. The van der Waals surface area contributed by atoms with Gasteiger partial charge in [0.15, 0.2) is 5.76 Å². The summed E-state index contributed by atoms with van der Waals surface area (Å²) in [4.78, 5) is 16.5. The van der Waals surface area contributed by atoms with Crippen molar-refractivity contribution in [2.24, 2.45) is 0 Å². The van der Waals surface area contributed by atoms with Crippen molar-refractivity contribution in [1.29, 1.82) is 0 Å². The SMILES string of the molecule is C=CCNc1ccccc1C(=O)NCc1cc(-c2cccnc2)no1. The Morgan fingerprint density at radius 2 is 2.12 bits per heavy atom. The van der Waals surface area contributed by atoms with E-state index < -0.39 is 0 Å². The Labute approximate surface area is 145 Å². The zero-order chi connectivity index (χ0) is 17.5. The summed E-state index contributed by atoms with van der Waals surface area (Å²) in [5.41, 5.74) is 2.87. The third kappa shape index (κ3) is 4.11. The van der Waals surface area contributed by atoms with E-state index in [2.05, 4.69) is 27.4 Å². The van der Waals surface area contributed by atoms with Crippen molar-refractivity contribution in [1.82, 2.24) is 15.5 Å². The molecule has 0 bridgehead atoms. The number of pyridine rings is 1. The molecule has 0 saturated heterocycles. The Balaban J connectivity index is 1.65. The molecule has 0 saturated carbocycles. The van der Waals surface area contributed by atoms with Gasteiger partial charge in [0.1, 0.15) is 5.69 Å². The molecule has 25 heavy (non-hydrogen) atoms. The first-order valence-electron chi connectivity index (χ1n) is 7.86. The number of anilines is 1. The minimum atomic E-state index is -0.188. The fraction of sp³-hybridized carbons (Fsp3) is 0.105. The quantitative estimate of drug-likeness (QED) is 0.648. The maximum atomic E-state index is 12.4. The monoisotopic (exact) mass is 334 g/mol. The van der Waals surface area contributed by atoms with Crippen LogP contribution < -0.4 is 10.6 Å². The molecule has 0 radical (unpaired) electrons. The molecule has 1 amide bonds. The van der Waals surface area contributed by atoms with Crippen LogP contribution in [0.25, 0.3) is 11.3 Å². The normalized spacial score (nSPS) is 10.2. The second-order valence-electron chi connectivity index (χ2n) is 5.32. The molecule has 2 aromatic heterocycles. The third-order valence-corrected chi connectivity index (χ3v) is 3.55. The van der Waals surface area contributed by atoms with Crippen LogP contribution >= 0.6 is 0 Å². The van der Waals surface area contributed by atoms with E-state index >= 15 is 0 Å². The van der Waals surface area contributed by atoms with Crippen molar-refractivity contribution < 1.29 is 9.32 Å². The Bertz CT molecular complexity index is 859. The van der Waals surface area contributed by atoms with Crippen LogP contribution in [0.15, 0.2) is 72.0 Å². The second kappa shape index (κ2) is 7.92. The first-order valence-corrected chi connectivity index (χ1v) is 7.86. The standard InChI is InChI=1S/C19H18N4O2/c1-2-9-21-17-8-4-3-7-16(17)19(24)22-13-15-11-18(23-25-15)14-6-5-10-20-12-14/h2-8,10-12,21H,1,9,13H2,(H,22,24). The minimum Gasteiger partial charge on any atom is -0.381 e. The van der Waals surface area contributed by atoms with Crippen LogP contribution in [0, 0.1) is 0 Å². The summed E-state index contributed by atoms with van der Waals surface area (Å²) in [5.74, 6) is 0.384. The average molecular weight is 334 g/mol. The van der Waals surface area contributed by atoms with E-state index in [1.807, 2.05) is 30.3 Å². The number of hydrogen-bond acceptors (Lipinski definition) is 5. The lowest BCUT2D eigenvalue weighted by Gasteiger charge is -2.10. The number of para-hydroxylation sites is 1. The number of hydrogen-bond donors (Lipinski definition) is 2. The van der Waals surface area contributed by atoms with Gasteiger partial charge in [0.05, 0.1) is 12.1 Å². The van der Waals surface area contributed by atoms with Crippen molar-refractivity contribution in [3.63, 3.8) is 0 Å². The van der Waals surface area contributed by atoms with Crippen LogP contribution in [0.4, 0.5) is 5.69 Å². The highest BCUT2D eigenvalue weighted by Crippen LogP contribution is 2.18. The lowest BCUT2D eigenvalue weighted by Crippen LogP contribution is -2.23. The maximum Gasteiger partial charge on any atom is 0.253 e. The summed E-state index contributed by atoms with van der Waals surface area (Å²) < 4.78 is 5.28. The average Bonchev–Trinajstić information content (AvgIpc) is 3.14. The maximum absolute atomic E-state index is 12.4.